The number of esters is 2. The number of amides is 2. The Balaban J connectivity index is 1.93. The Morgan fingerprint density at radius 1 is 0.929 bits per heavy atom. The summed E-state index contributed by atoms with van der Waals surface area (Å²) in [7, 11) is 4.43. The van der Waals surface area contributed by atoms with Gasteiger partial charge in [-0.05, 0) is 25.2 Å². The van der Waals surface area contributed by atoms with Gasteiger partial charge in [0.25, 0.3) is 5.91 Å². The monoisotopic (exact) mass is 389 g/mol. The van der Waals surface area contributed by atoms with Gasteiger partial charge in [0.15, 0.2) is 0 Å². The Labute approximate surface area is 162 Å². The lowest BCUT2D eigenvalue weighted by Gasteiger charge is -2.35. The number of benzene rings is 1. The smallest absolute Gasteiger partial charge is 0.337 e. The van der Waals surface area contributed by atoms with Gasteiger partial charge in [0.1, 0.15) is 0 Å². The molecule has 0 radical (unpaired) electrons. The maximum Gasteiger partial charge on any atom is 0.337 e. The Morgan fingerprint density at radius 3 is 1.96 bits per heavy atom. The standard InChI is InChI=1S/C19H23N3O6/c1-20-4-6-21(7-5-20)15-11-16(23)22(17(15)24)14-9-12(18(25)27-2)8-13(10-14)19(26)28-3/h8-10,15H,4-7,11H2,1-3H3/t15-/m1/s1. The highest BCUT2D eigenvalue weighted by molar-refractivity contribution is 6.23. The van der Waals surface area contributed by atoms with Gasteiger partial charge in [-0.3, -0.25) is 14.5 Å². The summed E-state index contributed by atoms with van der Waals surface area (Å²) in [6.45, 7) is 3.04. The molecule has 0 spiro atoms. The summed E-state index contributed by atoms with van der Waals surface area (Å²) in [5, 5.41) is 0. The van der Waals surface area contributed by atoms with E-state index in [0.29, 0.717) is 13.1 Å². The van der Waals surface area contributed by atoms with Gasteiger partial charge < -0.3 is 14.4 Å². The third-order valence-corrected chi connectivity index (χ3v) is 5.12. The van der Waals surface area contributed by atoms with Crippen molar-refractivity contribution in [2.75, 3.05) is 52.3 Å². The van der Waals surface area contributed by atoms with Crippen LogP contribution in [0.25, 0.3) is 0 Å². The van der Waals surface area contributed by atoms with Crippen molar-refractivity contribution >= 4 is 29.4 Å². The summed E-state index contributed by atoms with van der Waals surface area (Å²) in [6.07, 6.45) is 0.0680. The first-order valence-corrected chi connectivity index (χ1v) is 8.96. The Morgan fingerprint density at radius 2 is 1.46 bits per heavy atom. The molecule has 1 aromatic rings. The van der Waals surface area contributed by atoms with Crippen molar-refractivity contribution in [3.8, 4) is 0 Å². The van der Waals surface area contributed by atoms with Gasteiger partial charge in [-0.2, -0.15) is 0 Å². The summed E-state index contributed by atoms with van der Waals surface area (Å²) >= 11 is 0. The average Bonchev–Trinajstić information content (AvgIpc) is 3.00. The van der Waals surface area contributed by atoms with Crippen molar-refractivity contribution in [1.82, 2.24) is 9.80 Å². The van der Waals surface area contributed by atoms with Gasteiger partial charge in [0, 0.05) is 26.2 Å². The number of piperazine rings is 1. The number of imide groups is 1. The predicted molar refractivity (Wildman–Crippen MR) is 99.1 cm³/mol. The summed E-state index contributed by atoms with van der Waals surface area (Å²) in [6, 6.07) is 3.52. The number of carbonyl (C=O) groups excluding carboxylic acids is 4. The van der Waals surface area contributed by atoms with Crippen LogP contribution in [0.1, 0.15) is 27.1 Å². The SMILES string of the molecule is COC(=O)c1cc(C(=O)OC)cc(N2C(=O)C[C@@H](N3CCN(C)CC3)C2=O)c1. The van der Waals surface area contributed by atoms with Crippen LogP contribution in [0.2, 0.25) is 0 Å². The topological polar surface area (TPSA) is 96.5 Å². The molecule has 150 valence electrons. The lowest BCUT2D eigenvalue weighted by Crippen LogP contribution is -2.51. The van der Waals surface area contributed by atoms with Gasteiger partial charge in [0.05, 0.1) is 43.5 Å². The molecule has 28 heavy (non-hydrogen) atoms. The first kappa shape index (κ1) is 20.0. The summed E-state index contributed by atoms with van der Waals surface area (Å²) in [5.74, 6) is -2.08. The summed E-state index contributed by atoms with van der Waals surface area (Å²) in [5.41, 5.74) is 0.281. The molecule has 0 aromatic heterocycles. The largest absolute Gasteiger partial charge is 0.465 e. The van der Waals surface area contributed by atoms with Crippen LogP contribution in [0.3, 0.4) is 0 Å². The van der Waals surface area contributed by atoms with E-state index in [2.05, 4.69) is 4.90 Å². The van der Waals surface area contributed by atoms with Crippen LogP contribution in [0.4, 0.5) is 5.69 Å². The Hall–Kier alpha value is -2.78. The molecule has 2 aliphatic heterocycles. The minimum Gasteiger partial charge on any atom is -0.465 e. The van der Waals surface area contributed by atoms with E-state index in [0.717, 1.165) is 18.0 Å². The van der Waals surface area contributed by atoms with Gasteiger partial charge in [-0.1, -0.05) is 0 Å². The van der Waals surface area contributed by atoms with Gasteiger partial charge >= 0.3 is 11.9 Å². The fourth-order valence-electron chi connectivity index (χ4n) is 3.52. The van der Waals surface area contributed by atoms with Crippen molar-refractivity contribution in [1.29, 1.82) is 0 Å². The molecule has 2 heterocycles. The quantitative estimate of drug-likeness (QED) is 0.530. The maximum atomic E-state index is 13.0. The number of rotatable bonds is 4. The third kappa shape index (κ3) is 3.76. The van der Waals surface area contributed by atoms with Crippen molar-refractivity contribution in [3.63, 3.8) is 0 Å². The van der Waals surface area contributed by atoms with E-state index < -0.39 is 18.0 Å². The van der Waals surface area contributed by atoms with Crippen LogP contribution in [0, 0.1) is 0 Å². The van der Waals surface area contributed by atoms with E-state index >= 15 is 0 Å². The van der Waals surface area contributed by atoms with Crippen LogP contribution in [0.15, 0.2) is 18.2 Å². The zero-order valence-electron chi connectivity index (χ0n) is 16.1. The third-order valence-electron chi connectivity index (χ3n) is 5.12. The maximum absolute atomic E-state index is 13.0. The minimum absolute atomic E-state index is 0.0593. The molecule has 2 saturated heterocycles. The number of hydrogen-bond donors (Lipinski definition) is 0. The van der Waals surface area contributed by atoms with Crippen molar-refractivity contribution in [3.05, 3.63) is 29.3 Å². The summed E-state index contributed by atoms with van der Waals surface area (Å²) in [4.78, 5) is 54.8. The van der Waals surface area contributed by atoms with E-state index in [4.69, 9.17) is 9.47 Å². The second-order valence-electron chi connectivity index (χ2n) is 6.88. The van der Waals surface area contributed by atoms with Gasteiger partial charge in [-0.25, -0.2) is 14.5 Å². The van der Waals surface area contributed by atoms with Crippen LogP contribution in [0.5, 0.6) is 0 Å². The minimum atomic E-state index is -0.679. The van der Waals surface area contributed by atoms with Gasteiger partial charge in [-0.15, -0.1) is 0 Å². The highest BCUT2D eigenvalue weighted by atomic mass is 16.5. The number of anilines is 1. The van der Waals surface area contributed by atoms with E-state index in [1.54, 1.807) is 0 Å². The molecule has 0 aliphatic carbocycles. The Bertz CT molecular complexity index is 782. The van der Waals surface area contributed by atoms with E-state index in [-0.39, 0.29) is 35.0 Å². The van der Waals surface area contributed by atoms with Crippen LogP contribution in [-0.2, 0) is 19.1 Å². The number of methoxy groups -OCH3 is 2. The zero-order valence-corrected chi connectivity index (χ0v) is 16.1. The lowest BCUT2D eigenvalue weighted by atomic mass is 10.1. The predicted octanol–water partition coefficient (Wildman–Crippen LogP) is 0.139. The highest BCUT2D eigenvalue weighted by Gasteiger charge is 2.43. The molecule has 0 unspecified atom stereocenters. The number of carbonyl (C=O) groups is 4. The molecule has 3 rings (SSSR count). The zero-order chi connectivity index (χ0) is 20.4. The van der Waals surface area contributed by atoms with E-state index in [9.17, 15) is 19.2 Å². The number of hydrogen-bond acceptors (Lipinski definition) is 8. The molecule has 2 fully saturated rings. The Kier molecular flexibility index (Phi) is 5.76. The molecule has 0 saturated carbocycles. The molecule has 1 atom stereocenters. The van der Waals surface area contributed by atoms with Crippen molar-refractivity contribution < 1.29 is 28.7 Å². The molecule has 0 N–H and O–H groups in total. The molecule has 2 amide bonds. The van der Waals surface area contributed by atoms with Gasteiger partial charge in [0.2, 0.25) is 5.91 Å². The normalized spacial score (nSPS) is 21.1. The first-order chi connectivity index (χ1) is 13.3. The molecule has 1 aromatic carbocycles. The molecular weight excluding hydrogens is 366 g/mol. The number of ether oxygens (including phenoxy) is 2. The molecule has 9 nitrogen and oxygen atoms in total. The highest BCUT2D eigenvalue weighted by Crippen LogP contribution is 2.28. The van der Waals surface area contributed by atoms with E-state index in [1.807, 2.05) is 11.9 Å². The molecule has 2 aliphatic rings. The average molecular weight is 389 g/mol. The second-order valence-corrected chi connectivity index (χ2v) is 6.88. The second kappa shape index (κ2) is 8.07. The summed E-state index contributed by atoms with van der Waals surface area (Å²) < 4.78 is 9.42. The van der Waals surface area contributed by atoms with Crippen molar-refractivity contribution in [2.45, 2.75) is 12.5 Å². The van der Waals surface area contributed by atoms with Crippen LogP contribution >= 0.6 is 0 Å². The lowest BCUT2D eigenvalue weighted by molar-refractivity contribution is -0.123. The number of likely N-dealkylation sites (N-methyl/N-ethyl adjacent to an activating group) is 1. The molecule has 9 heteroatoms. The van der Waals surface area contributed by atoms with Crippen LogP contribution in [-0.4, -0.2) is 87.0 Å². The number of nitrogens with zero attached hydrogens (tertiary/aromatic N) is 3. The van der Waals surface area contributed by atoms with Crippen LogP contribution < -0.4 is 4.90 Å². The fraction of sp³-hybridized carbons (Fsp3) is 0.474. The molecular formula is C19H23N3O6. The van der Waals surface area contributed by atoms with E-state index in [1.165, 1.54) is 32.4 Å². The first-order valence-electron chi connectivity index (χ1n) is 8.96. The molecule has 0 bridgehead atoms. The van der Waals surface area contributed by atoms with Crippen molar-refractivity contribution in [2.24, 2.45) is 0 Å². The fourth-order valence-corrected chi connectivity index (χ4v) is 3.52.